The van der Waals surface area contributed by atoms with E-state index in [-0.39, 0.29) is 0 Å². The molecule has 2 aromatic rings. The molecule has 1 aromatic carbocycles. The molecule has 1 nitrogen and oxygen atoms in total. The van der Waals surface area contributed by atoms with Gasteiger partial charge in [-0.2, -0.15) is 0 Å². The van der Waals surface area contributed by atoms with Crippen molar-refractivity contribution >= 4 is 38.5 Å². The molecule has 0 spiro atoms. The number of rotatable bonds is 1. The monoisotopic (exact) mass is 298 g/mol. The van der Waals surface area contributed by atoms with E-state index >= 15 is 0 Å². The first-order valence-corrected chi connectivity index (χ1v) is 6.86. The molecule has 84 valence electrons. The van der Waals surface area contributed by atoms with E-state index in [9.17, 15) is 0 Å². The van der Waals surface area contributed by atoms with Crippen LogP contribution in [0.3, 0.4) is 0 Å². The summed E-state index contributed by atoms with van der Waals surface area (Å²) in [7, 11) is 0. The topological polar surface area (TPSA) is 13.1 Å². The van der Waals surface area contributed by atoms with Crippen LogP contribution < -0.4 is 0 Å². The number of furan rings is 1. The molecule has 16 heavy (non-hydrogen) atoms. The summed E-state index contributed by atoms with van der Waals surface area (Å²) in [5.74, 6) is 1.61. The van der Waals surface area contributed by atoms with Gasteiger partial charge in [-0.15, -0.1) is 0 Å². The van der Waals surface area contributed by atoms with Crippen LogP contribution in [0.15, 0.2) is 28.7 Å². The van der Waals surface area contributed by atoms with Crippen molar-refractivity contribution in [2.45, 2.75) is 30.0 Å². The highest BCUT2D eigenvalue weighted by Crippen LogP contribution is 2.41. The summed E-state index contributed by atoms with van der Waals surface area (Å²) in [5, 5.41) is 1.87. The zero-order valence-corrected chi connectivity index (χ0v) is 11.1. The van der Waals surface area contributed by atoms with E-state index in [2.05, 4.69) is 22.0 Å². The van der Waals surface area contributed by atoms with Crippen molar-refractivity contribution in [3.63, 3.8) is 0 Å². The van der Waals surface area contributed by atoms with E-state index in [0.717, 1.165) is 21.8 Å². The van der Waals surface area contributed by atoms with Crippen molar-refractivity contribution in [2.75, 3.05) is 0 Å². The van der Waals surface area contributed by atoms with Gasteiger partial charge in [-0.05, 0) is 37.1 Å². The Hall–Kier alpha value is -0.470. The van der Waals surface area contributed by atoms with Crippen LogP contribution in [0.4, 0.5) is 0 Å². The lowest BCUT2D eigenvalue weighted by Crippen LogP contribution is -2.02. The highest BCUT2D eigenvalue weighted by molar-refractivity contribution is 9.09. The highest BCUT2D eigenvalue weighted by atomic mass is 79.9. The van der Waals surface area contributed by atoms with Gasteiger partial charge in [0.15, 0.2) is 0 Å². The highest BCUT2D eigenvalue weighted by Gasteiger charge is 2.29. The number of fused-ring (bicyclic) bond motifs is 1. The summed E-state index contributed by atoms with van der Waals surface area (Å²) in [6.07, 6.45) is 3.73. The Morgan fingerprint density at radius 1 is 1.25 bits per heavy atom. The van der Waals surface area contributed by atoms with Crippen LogP contribution >= 0.6 is 27.5 Å². The fourth-order valence-corrected chi connectivity index (χ4v) is 3.48. The zero-order chi connectivity index (χ0) is 11.1. The number of hydrogen-bond acceptors (Lipinski definition) is 1. The van der Waals surface area contributed by atoms with Gasteiger partial charge < -0.3 is 4.42 Å². The van der Waals surface area contributed by atoms with E-state index < -0.39 is 0 Å². The molecule has 2 atom stereocenters. The Morgan fingerprint density at radius 3 is 2.88 bits per heavy atom. The molecule has 0 radical (unpaired) electrons. The second-order valence-corrected chi connectivity index (χ2v) is 6.00. The predicted octanol–water partition coefficient (Wildman–Crippen LogP) is 5.12. The van der Waals surface area contributed by atoms with Gasteiger partial charge in [0.2, 0.25) is 0 Å². The predicted molar refractivity (Wildman–Crippen MR) is 70.5 cm³/mol. The second kappa shape index (κ2) is 4.08. The lowest BCUT2D eigenvalue weighted by molar-refractivity contribution is 0.500. The molecule has 3 rings (SSSR count). The van der Waals surface area contributed by atoms with Crippen molar-refractivity contribution in [1.82, 2.24) is 0 Å². The summed E-state index contributed by atoms with van der Waals surface area (Å²) >= 11 is 9.69. The second-order valence-electron chi connectivity index (χ2n) is 4.38. The summed E-state index contributed by atoms with van der Waals surface area (Å²) < 4.78 is 5.89. The fourth-order valence-electron chi connectivity index (χ4n) is 2.45. The molecule has 0 bridgehead atoms. The van der Waals surface area contributed by atoms with Crippen molar-refractivity contribution in [2.24, 2.45) is 0 Å². The van der Waals surface area contributed by atoms with Crippen LogP contribution in [0.25, 0.3) is 11.0 Å². The third kappa shape index (κ3) is 1.78. The van der Waals surface area contributed by atoms with Gasteiger partial charge in [-0.1, -0.05) is 34.0 Å². The maximum Gasteiger partial charge on any atom is 0.134 e. The molecule has 0 aliphatic heterocycles. The molecular formula is C13H12BrClO. The largest absolute Gasteiger partial charge is 0.461 e. The van der Waals surface area contributed by atoms with Crippen LogP contribution in [0.1, 0.15) is 30.9 Å². The van der Waals surface area contributed by atoms with Gasteiger partial charge in [0.05, 0.1) is 0 Å². The number of alkyl halides is 1. The standard InChI is InChI=1S/C13H12BrClO/c14-11-3-1-2-10(11)13-7-8-6-9(15)4-5-12(8)16-13/h4-7,10-11H,1-3H2. The minimum atomic E-state index is 0.520. The number of hydrogen-bond donors (Lipinski definition) is 0. The summed E-state index contributed by atoms with van der Waals surface area (Å²) in [5.41, 5.74) is 0.936. The molecule has 2 unspecified atom stereocenters. The van der Waals surface area contributed by atoms with Crippen LogP contribution in [0.2, 0.25) is 5.02 Å². The molecule has 3 heteroatoms. The van der Waals surface area contributed by atoms with Gasteiger partial charge in [0.1, 0.15) is 11.3 Å². The first-order valence-electron chi connectivity index (χ1n) is 5.57. The fraction of sp³-hybridized carbons (Fsp3) is 0.385. The Balaban J connectivity index is 2.04. The van der Waals surface area contributed by atoms with Gasteiger partial charge >= 0.3 is 0 Å². The van der Waals surface area contributed by atoms with Crippen molar-refractivity contribution < 1.29 is 4.42 Å². The minimum absolute atomic E-state index is 0.520. The van der Waals surface area contributed by atoms with Gasteiger partial charge in [-0.3, -0.25) is 0 Å². The molecule has 0 amide bonds. The number of benzene rings is 1. The van der Waals surface area contributed by atoms with E-state index in [0.29, 0.717) is 10.7 Å². The first-order chi connectivity index (χ1) is 7.74. The summed E-state index contributed by atoms with van der Waals surface area (Å²) in [6, 6.07) is 7.91. The van der Waals surface area contributed by atoms with E-state index in [1.807, 2.05) is 18.2 Å². The van der Waals surface area contributed by atoms with E-state index in [4.69, 9.17) is 16.0 Å². The van der Waals surface area contributed by atoms with Crippen molar-refractivity contribution in [1.29, 1.82) is 0 Å². The van der Waals surface area contributed by atoms with Crippen molar-refractivity contribution in [3.8, 4) is 0 Å². The van der Waals surface area contributed by atoms with Gasteiger partial charge in [0, 0.05) is 21.2 Å². The molecule has 1 aromatic heterocycles. The van der Waals surface area contributed by atoms with Crippen LogP contribution in [-0.2, 0) is 0 Å². The zero-order valence-electron chi connectivity index (χ0n) is 8.75. The lowest BCUT2D eigenvalue weighted by atomic mass is 10.1. The maximum atomic E-state index is 5.97. The van der Waals surface area contributed by atoms with Crippen LogP contribution in [0.5, 0.6) is 0 Å². The molecule has 0 saturated heterocycles. The van der Waals surface area contributed by atoms with Gasteiger partial charge in [0.25, 0.3) is 0 Å². The van der Waals surface area contributed by atoms with Crippen LogP contribution in [-0.4, -0.2) is 4.83 Å². The number of halogens is 2. The molecule has 1 heterocycles. The Morgan fingerprint density at radius 2 is 2.12 bits per heavy atom. The molecule has 1 fully saturated rings. The Bertz CT molecular complexity index is 520. The quantitative estimate of drug-likeness (QED) is 0.666. The summed E-state index contributed by atoms with van der Waals surface area (Å²) in [6.45, 7) is 0. The Labute approximate surface area is 108 Å². The lowest BCUT2D eigenvalue weighted by Gasteiger charge is -2.09. The van der Waals surface area contributed by atoms with Crippen molar-refractivity contribution in [3.05, 3.63) is 35.0 Å². The van der Waals surface area contributed by atoms with E-state index in [1.54, 1.807) is 0 Å². The SMILES string of the molecule is Clc1ccc2oc(C3CCCC3Br)cc2c1. The third-order valence-corrected chi connectivity index (χ3v) is 4.63. The first kappa shape index (κ1) is 10.7. The molecule has 1 aliphatic rings. The average Bonchev–Trinajstić information content (AvgIpc) is 2.82. The molecular weight excluding hydrogens is 287 g/mol. The van der Waals surface area contributed by atoms with Crippen LogP contribution in [0, 0.1) is 0 Å². The Kier molecular flexibility index (Phi) is 2.72. The average molecular weight is 300 g/mol. The smallest absolute Gasteiger partial charge is 0.134 e. The maximum absolute atomic E-state index is 5.97. The third-order valence-electron chi connectivity index (χ3n) is 3.29. The van der Waals surface area contributed by atoms with Gasteiger partial charge in [-0.25, -0.2) is 0 Å². The normalized spacial score (nSPS) is 25.4. The molecule has 1 aliphatic carbocycles. The molecule has 0 N–H and O–H groups in total. The minimum Gasteiger partial charge on any atom is -0.461 e. The molecule has 1 saturated carbocycles. The van der Waals surface area contributed by atoms with E-state index in [1.165, 1.54) is 19.3 Å². The summed E-state index contributed by atoms with van der Waals surface area (Å²) in [4.78, 5) is 0.559.